The van der Waals surface area contributed by atoms with Gasteiger partial charge in [0, 0.05) is 12.6 Å². The first-order chi connectivity index (χ1) is 8.90. The van der Waals surface area contributed by atoms with Crippen molar-refractivity contribution in [1.29, 1.82) is 5.26 Å². The van der Waals surface area contributed by atoms with E-state index in [1.165, 1.54) is 18.2 Å². The standard InChI is InChI=1S/C12H16ClN3O2S/c1-3-15-9(2)8-16-19(17,18)12-5-4-10(7-14)6-11(12)13/h4-6,9,15-16H,3,8H2,1-2H3/t9-/m1/s1. The van der Waals surface area contributed by atoms with Gasteiger partial charge in [0.05, 0.1) is 16.7 Å². The molecule has 0 bridgehead atoms. The van der Waals surface area contributed by atoms with Gasteiger partial charge in [-0.15, -0.1) is 0 Å². The van der Waals surface area contributed by atoms with Gasteiger partial charge in [-0.1, -0.05) is 18.5 Å². The Morgan fingerprint density at radius 1 is 1.47 bits per heavy atom. The maximum atomic E-state index is 12.1. The van der Waals surface area contributed by atoms with Gasteiger partial charge in [-0.2, -0.15) is 5.26 Å². The summed E-state index contributed by atoms with van der Waals surface area (Å²) >= 11 is 5.88. The Hall–Kier alpha value is -1.13. The molecule has 19 heavy (non-hydrogen) atoms. The van der Waals surface area contributed by atoms with E-state index in [9.17, 15) is 8.42 Å². The number of benzene rings is 1. The van der Waals surface area contributed by atoms with Gasteiger partial charge in [0.25, 0.3) is 0 Å². The van der Waals surface area contributed by atoms with Crippen molar-refractivity contribution >= 4 is 21.6 Å². The Morgan fingerprint density at radius 2 is 2.16 bits per heavy atom. The molecule has 2 N–H and O–H groups in total. The zero-order valence-electron chi connectivity index (χ0n) is 10.8. The van der Waals surface area contributed by atoms with Crippen LogP contribution in [-0.2, 0) is 10.0 Å². The second-order valence-electron chi connectivity index (χ2n) is 4.07. The number of sulfonamides is 1. The molecular weight excluding hydrogens is 286 g/mol. The van der Waals surface area contributed by atoms with E-state index >= 15 is 0 Å². The van der Waals surface area contributed by atoms with Crippen molar-refractivity contribution in [2.45, 2.75) is 24.8 Å². The zero-order chi connectivity index (χ0) is 14.5. The van der Waals surface area contributed by atoms with Crippen molar-refractivity contribution in [1.82, 2.24) is 10.0 Å². The van der Waals surface area contributed by atoms with Crippen molar-refractivity contribution in [3.05, 3.63) is 28.8 Å². The topological polar surface area (TPSA) is 82.0 Å². The number of nitriles is 1. The first kappa shape index (κ1) is 15.9. The van der Waals surface area contributed by atoms with Gasteiger partial charge in [0.15, 0.2) is 0 Å². The highest BCUT2D eigenvalue weighted by molar-refractivity contribution is 7.89. The molecule has 1 aromatic carbocycles. The van der Waals surface area contributed by atoms with Gasteiger partial charge >= 0.3 is 0 Å². The summed E-state index contributed by atoms with van der Waals surface area (Å²) in [5, 5.41) is 11.9. The molecule has 0 aliphatic rings. The van der Waals surface area contributed by atoms with Crippen molar-refractivity contribution in [2.24, 2.45) is 0 Å². The van der Waals surface area contributed by atoms with Crippen molar-refractivity contribution in [3.63, 3.8) is 0 Å². The predicted molar refractivity (Wildman–Crippen MR) is 74.5 cm³/mol. The van der Waals surface area contributed by atoms with Crippen molar-refractivity contribution in [3.8, 4) is 6.07 Å². The molecule has 1 atom stereocenters. The lowest BCUT2D eigenvalue weighted by molar-refractivity contribution is 0.536. The molecule has 0 fully saturated rings. The summed E-state index contributed by atoms with van der Waals surface area (Å²) in [6.45, 7) is 4.86. The zero-order valence-corrected chi connectivity index (χ0v) is 12.3. The highest BCUT2D eigenvalue weighted by atomic mass is 35.5. The maximum Gasteiger partial charge on any atom is 0.242 e. The molecule has 0 aliphatic carbocycles. The van der Waals surface area contributed by atoms with Gasteiger partial charge in [0.1, 0.15) is 4.90 Å². The highest BCUT2D eigenvalue weighted by Crippen LogP contribution is 2.22. The molecule has 0 aromatic heterocycles. The minimum absolute atomic E-state index is 0.0168. The Balaban J connectivity index is 2.86. The van der Waals surface area contributed by atoms with Gasteiger partial charge in [-0.05, 0) is 31.7 Å². The third-order valence-corrected chi connectivity index (χ3v) is 4.39. The number of halogens is 1. The van der Waals surface area contributed by atoms with Gasteiger partial charge < -0.3 is 5.32 Å². The lowest BCUT2D eigenvalue weighted by Gasteiger charge is -2.14. The molecule has 0 unspecified atom stereocenters. The third-order valence-electron chi connectivity index (χ3n) is 2.48. The summed E-state index contributed by atoms with van der Waals surface area (Å²) in [5.74, 6) is 0. The van der Waals surface area contributed by atoms with Gasteiger partial charge in [-0.3, -0.25) is 0 Å². The summed E-state index contributed by atoms with van der Waals surface area (Å²) in [5.41, 5.74) is 0.324. The Morgan fingerprint density at radius 3 is 2.68 bits per heavy atom. The van der Waals surface area contributed by atoms with Crippen LogP contribution in [0.3, 0.4) is 0 Å². The summed E-state index contributed by atoms with van der Waals surface area (Å²) in [7, 11) is -3.66. The number of hydrogen-bond acceptors (Lipinski definition) is 4. The molecule has 0 radical (unpaired) electrons. The molecule has 7 heteroatoms. The number of hydrogen-bond donors (Lipinski definition) is 2. The molecule has 1 rings (SSSR count). The first-order valence-electron chi connectivity index (χ1n) is 5.83. The van der Waals surface area contributed by atoms with Crippen LogP contribution in [0.5, 0.6) is 0 Å². The van der Waals surface area contributed by atoms with E-state index in [0.29, 0.717) is 5.56 Å². The highest BCUT2D eigenvalue weighted by Gasteiger charge is 2.18. The monoisotopic (exact) mass is 301 g/mol. The normalized spacial score (nSPS) is 12.9. The number of nitrogens with zero attached hydrogens (tertiary/aromatic N) is 1. The smallest absolute Gasteiger partial charge is 0.242 e. The molecule has 0 saturated carbocycles. The molecule has 0 spiro atoms. The fourth-order valence-corrected chi connectivity index (χ4v) is 3.19. The van der Waals surface area contributed by atoms with Crippen LogP contribution in [0.15, 0.2) is 23.1 Å². The molecule has 0 heterocycles. The van der Waals surface area contributed by atoms with Crippen LogP contribution in [0.4, 0.5) is 0 Å². The fraction of sp³-hybridized carbons (Fsp3) is 0.417. The summed E-state index contributed by atoms with van der Waals surface area (Å²) < 4.78 is 26.6. The third kappa shape index (κ3) is 4.48. The van der Waals surface area contributed by atoms with Crippen LogP contribution in [0.2, 0.25) is 5.02 Å². The van der Waals surface area contributed by atoms with E-state index in [0.717, 1.165) is 6.54 Å². The van der Waals surface area contributed by atoms with E-state index in [-0.39, 0.29) is 22.5 Å². The van der Waals surface area contributed by atoms with Crippen molar-refractivity contribution < 1.29 is 8.42 Å². The molecule has 5 nitrogen and oxygen atoms in total. The molecule has 104 valence electrons. The summed E-state index contributed by atoms with van der Waals surface area (Å²) in [4.78, 5) is -0.0168. The van der Waals surface area contributed by atoms with Crippen LogP contribution in [0, 0.1) is 11.3 Å². The summed E-state index contributed by atoms with van der Waals surface area (Å²) in [6.07, 6.45) is 0. The Bertz CT molecular complexity index is 581. The maximum absolute atomic E-state index is 12.1. The molecule has 0 amide bonds. The Kier molecular flexibility index (Phi) is 5.76. The van der Waals surface area contributed by atoms with E-state index < -0.39 is 10.0 Å². The van der Waals surface area contributed by atoms with Gasteiger partial charge in [-0.25, -0.2) is 13.1 Å². The molecule has 0 aliphatic heterocycles. The minimum Gasteiger partial charge on any atom is -0.313 e. The van der Waals surface area contributed by atoms with E-state index in [1.807, 2.05) is 19.9 Å². The Labute approximate surface area is 118 Å². The van der Waals surface area contributed by atoms with Crippen LogP contribution >= 0.6 is 11.6 Å². The molecule has 0 saturated heterocycles. The van der Waals surface area contributed by atoms with Crippen LogP contribution in [0.25, 0.3) is 0 Å². The lowest BCUT2D eigenvalue weighted by atomic mass is 10.2. The van der Waals surface area contributed by atoms with E-state index in [4.69, 9.17) is 16.9 Å². The molecular formula is C12H16ClN3O2S. The fourth-order valence-electron chi connectivity index (χ4n) is 1.52. The average Bonchev–Trinajstić information content (AvgIpc) is 2.36. The second-order valence-corrected chi connectivity index (χ2v) is 6.21. The quantitative estimate of drug-likeness (QED) is 0.834. The predicted octanol–water partition coefficient (Wildman–Crippen LogP) is 1.49. The number of rotatable bonds is 6. The van der Waals surface area contributed by atoms with Crippen LogP contribution in [-0.4, -0.2) is 27.5 Å². The largest absolute Gasteiger partial charge is 0.313 e. The SMILES string of the molecule is CCN[C@H](C)CNS(=O)(=O)c1ccc(C#N)cc1Cl. The van der Waals surface area contributed by atoms with Crippen molar-refractivity contribution in [2.75, 3.05) is 13.1 Å². The van der Waals surface area contributed by atoms with Crippen LogP contribution in [0.1, 0.15) is 19.4 Å². The average molecular weight is 302 g/mol. The van der Waals surface area contributed by atoms with E-state index in [1.54, 1.807) is 0 Å². The number of likely N-dealkylation sites (N-methyl/N-ethyl adjacent to an activating group) is 1. The van der Waals surface area contributed by atoms with Crippen LogP contribution < -0.4 is 10.0 Å². The van der Waals surface area contributed by atoms with Gasteiger partial charge in [0.2, 0.25) is 10.0 Å². The van der Waals surface area contributed by atoms with E-state index in [2.05, 4.69) is 10.0 Å². The number of nitrogens with one attached hydrogen (secondary N) is 2. The first-order valence-corrected chi connectivity index (χ1v) is 7.69. The minimum atomic E-state index is -3.66. The molecule has 1 aromatic rings. The lowest BCUT2D eigenvalue weighted by Crippen LogP contribution is -2.38. The second kappa shape index (κ2) is 6.87. The summed E-state index contributed by atoms with van der Waals surface area (Å²) in [6, 6.07) is 6.03.